The van der Waals surface area contributed by atoms with Crippen LogP contribution in [0.1, 0.15) is 85.0 Å². The second-order valence-corrected chi connectivity index (χ2v) is 17.5. The molecule has 0 aromatic rings. The zero-order valence-corrected chi connectivity index (χ0v) is 30.7. The highest BCUT2D eigenvalue weighted by Crippen LogP contribution is 2.70. The van der Waals surface area contributed by atoms with Crippen LogP contribution >= 0.6 is 7.82 Å². The minimum absolute atomic E-state index is 0.0354. The van der Waals surface area contributed by atoms with Crippen LogP contribution in [0.3, 0.4) is 0 Å². The van der Waals surface area contributed by atoms with Gasteiger partial charge < -0.3 is 29.5 Å². The molecule has 0 aromatic carbocycles. The van der Waals surface area contributed by atoms with Gasteiger partial charge in [-0.05, 0) is 86.7 Å². The third-order valence-electron chi connectivity index (χ3n) is 13.5. The van der Waals surface area contributed by atoms with Crippen molar-refractivity contribution in [3.63, 3.8) is 0 Å². The standard InChI is InChI=1S/C38H52NO11P/c1-4-9-33-49-32-19-29-27-13-12-23-18-24(40)14-15-36(23,2)34(27)30(41)20-37(29,3)38(32,50-33)31(42)22-48-51(44,45)47-17-16-39-35(43)46-21-28-25-10-7-5-6-8-11-26(25)28/h14-15,18,25-30,32-34,41H,4,7-13,16-17,19-22H2,1-3H3,(H,39,43)(H,44,45)/t25?,26?,27-,28?,29-,30-,32+,33?,34+,36-,37-,38+/m0/s1. The molecule has 1 heterocycles. The molecule has 7 rings (SSSR count). The van der Waals surface area contributed by atoms with E-state index in [4.69, 9.17) is 23.3 Å². The van der Waals surface area contributed by atoms with Crippen LogP contribution in [-0.4, -0.2) is 78.1 Å². The first-order valence-corrected chi connectivity index (χ1v) is 20.3. The highest BCUT2D eigenvalue weighted by molar-refractivity contribution is 7.47. The maximum absolute atomic E-state index is 14.3. The first-order chi connectivity index (χ1) is 24.3. The summed E-state index contributed by atoms with van der Waals surface area (Å²) < 4.78 is 41.7. The number of ketones is 2. The number of ether oxygens (including phenoxy) is 3. The lowest BCUT2D eigenvalue weighted by Gasteiger charge is -2.59. The quantitative estimate of drug-likeness (QED) is 0.140. The molecule has 4 saturated carbocycles. The first-order valence-electron chi connectivity index (χ1n) is 18.8. The van der Waals surface area contributed by atoms with Crippen LogP contribution < -0.4 is 5.32 Å². The van der Waals surface area contributed by atoms with Crippen LogP contribution in [-0.2, 0) is 37.4 Å². The predicted octanol–water partition coefficient (Wildman–Crippen LogP) is 5.02. The van der Waals surface area contributed by atoms with Gasteiger partial charge in [0.15, 0.2) is 23.5 Å². The van der Waals surface area contributed by atoms with Crippen molar-refractivity contribution in [3.05, 3.63) is 23.8 Å². The fourth-order valence-corrected chi connectivity index (χ4v) is 11.8. The monoisotopic (exact) mass is 729 g/mol. The zero-order valence-electron chi connectivity index (χ0n) is 29.8. The number of aliphatic hydroxyl groups excluding tert-OH is 1. The van der Waals surface area contributed by atoms with E-state index in [9.17, 15) is 28.9 Å². The van der Waals surface area contributed by atoms with Gasteiger partial charge in [0, 0.05) is 36.1 Å². The molecule has 4 unspecified atom stereocenters. The maximum atomic E-state index is 14.3. The second kappa shape index (κ2) is 14.1. The van der Waals surface area contributed by atoms with Crippen molar-refractivity contribution in [2.24, 2.45) is 46.3 Å². The van der Waals surface area contributed by atoms with Crippen LogP contribution in [0.25, 0.3) is 0 Å². The summed E-state index contributed by atoms with van der Waals surface area (Å²) in [7, 11) is -4.70. The van der Waals surface area contributed by atoms with Gasteiger partial charge in [-0.15, -0.1) is 11.8 Å². The second-order valence-electron chi connectivity index (χ2n) is 16.1. The number of alkyl carbamates (subject to hydrolysis) is 1. The summed E-state index contributed by atoms with van der Waals surface area (Å²) in [5.41, 5.74) is -1.77. The summed E-state index contributed by atoms with van der Waals surface area (Å²) in [5.74, 6) is 7.06. The molecule has 12 atom stereocenters. The fourth-order valence-electron chi connectivity index (χ4n) is 11.1. The molecule has 6 aliphatic carbocycles. The number of carbonyl (C=O) groups is 3. The molecule has 1 aliphatic heterocycles. The number of hydrogen-bond acceptors (Lipinski definition) is 10. The van der Waals surface area contributed by atoms with Gasteiger partial charge in [0.2, 0.25) is 0 Å². The van der Waals surface area contributed by atoms with Gasteiger partial charge in [0.25, 0.3) is 0 Å². The molecule has 1 amide bonds. The van der Waals surface area contributed by atoms with E-state index in [0.717, 1.165) is 50.5 Å². The lowest BCUT2D eigenvalue weighted by atomic mass is 9.46. The van der Waals surface area contributed by atoms with Crippen molar-refractivity contribution >= 4 is 25.5 Å². The van der Waals surface area contributed by atoms with Gasteiger partial charge in [-0.1, -0.05) is 38.8 Å². The molecular formula is C38H52NO11P. The van der Waals surface area contributed by atoms with Gasteiger partial charge in [0.05, 0.1) is 25.4 Å². The molecular weight excluding hydrogens is 677 g/mol. The number of aliphatic hydroxyl groups is 1. The Labute approximate surface area is 300 Å². The van der Waals surface area contributed by atoms with Gasteiger partial charge in [-0.25, -0.2) is 9.36 Å². The number of allylic oxidation sites excluding steroid dienone is 4. The summed E-state index contributed by atoms with van der Waals surface area (Å²) in [5, 5.41) is 14.4. The molecule has 3 N–H and O–H groups in total. The Kier molecular flexibility index (Phi) is 10.2. The number of nitrogens with one attached hydrogen (secondary N) is 1. The van der Waals surface area contributed by atoms with Gasteiger partial charge in [-0.2, -0.15) is 0 Å². The van der Waals surface area contributed by atoms with Crippen molar-refractivity contribution in [1.82, 2.24) is 5.32 Å². The molecule has 0 bridgehead atoms. The Morgan fingerprint density at radius 2 is 1.86 bits per heavy atom. The van der Waals surface area contributed by atoms with Crippen molar-refractivity contribution in [1.29, 1.82) is 0 Å². The predicted molar refractivity (Wildman–Crippen MR) is 184 cm³/mol. The summed E-state index contributed by atoms with van der Waals surface area (Å²) in [6, 6.07) is 0. The number of carbonyl (C=O) groups excluding carboxylic acids is 3. The average Bonchev–Trinajstić information content (AvgIpc) is 3.44. The van der Waals surface area contributed by atoms with E-state index in [-0.39, 0.29) is 43.1 Å². The summed E-state index contributed by atoms with van der Waals surface area (Å²) in [6.07, 6.45) is 10.0. The van der Waals surface area contributed by atoms with E-state index in [1.807, 2.05) is 19.9 Å². The Bertz CT molecular complexity index is 1570. The Morgan fingerprint density at radius 3 is 2.59 bits per heavy atom. The smallest absolute Gasteiger partial charge is 0.449 e. The number of rotatable bonds is 12. The van der Waals surface area contributed by atoms with E-state index < -0.39 is 61.2 Å². The van der Waals surface area contributed by atoms with Crippen LogP contribution in [0, 0.1) is 58.2 Å². The number of hydrogen-bond donors (Lipinski definition) is 3. The minimum Gasteiger partial charge on any atom is -0.449 e. The largest absolute Gasteiger partial charge is 0.472 e. The summed E-state index contributed by atoms with van der Waals surface area (Å²) >= 11 is 0. The third-order valence-corrected chi connectivity index (χ3v) is 14.4. The number of phosphoric acid groups is 1. The number of phosphoric ester groups is 1. The minimum atomic E-state index is -4.70. The molecule has 0 spiro atoms. The summed E-state index contributed by atoms with van der Waals surface area (Å²) in [4.78, 5) is 49.3. The Balaban J connectivity index is 0.959. The molecule has 0 aromatic heterocycles. The van der Waals surface area contributed by atoms with E-state index >= 15 is 0 Å². The van der Waals surface area contributed by atoms with E-state index in [0.29, 0.717) is 37.2 Å². The van der Waals surface area contributed by atoms with Crippen molar-refractivity contribution in [2.75, 3.05) is 26.4 Å². The van der Waals surface area contributed by atoms with Crippen molar-refractivity contribution in [3.8, 4) is 11.8 Å². The number of Topliss-reactive ketones (excluding diaryl/α,β-unsaturated/α-hetero) is 1. The molecule has 12 nitrogen and oxygen atoms in total. The molecule has 51 heavy (non-hydrogen) atoms. The Morgan fingerprint density at radius 1 is 1.12 bits per heavy atom. The number of amides is 1. The molecule has 0 radical (unpaired) electrons. The zero-order chi connectivity index (χ0) is 36.2. The highest BCUT2D eigenvalue weighted by Gasteiger charge is 2.75. The molecule has 280 valence electrons. The molecule has 13 heteroatoms. The molecule has 5 fully saturated rings. The topological polar surface area (TPSA) is 167 Å². The van der Waals surface area contributed by atoms with E-state index in [1.165, 1.54) is 0 Å². The fraction of sp³-hybridized carbons (Fsp3) is 0.763. The Hall–Kier alpha value is -2.36. The van der Waals surface area contributed by atoms with Gasteiger partial charge in [0.1, 0.15) is 6.61 Å². The van der Waals surface area contributed by atoms with Gasteiger partial charge >= 0.3 is 13.9 Å². The third kappa shape index (κ3) is 6.60. The molecule has 7 aliphatic rings. The van der Waals surface area contributed by atoms with Crippen molar-refractivity contribution < 1.29 is 52.2 Å². The van der Waals surface area contributed by atoms with Gasteiger partial charge in [-0.3, -0.25) is 18.6 Å². The van der Waals surface area contributed by atoms with E-state index in [1.54, 1.807) is 12.2 Å². The highest BCUT2D eigenvalue weighted by atomic mass is 31.2. The first kappa shape index (κ1) is 37.0. The SMILES string of the molecule is CCCC1O[C@@H]2C[C@H]3[C@@H]4CCC5=CC(=O)C=C[C@]5(C)[C@H]4[C@@H](O)C[C@]3(C)[C@]2(C(=O)COP(=O)(O)OCCNC(=O)OCC2C3CCC#CCCC32)O1. The number of fused-ring (bicyclic) bond motifs is 8. The van der Waals surface area contributed by atoms with Crippen LogP contribution in [0.2, 0.25) is 0 Å². The van der Waals surface area contributed by atoms with Crippen LogP contribution in [0.4, 0.5) is 4.79 Å². The van der Waals surface area contributed by atoms with Crippen LogP contribution in [0.5, 0.6) is 0 Å². The lowest BCUT2D eigenvalue weighted by Crippen LogP contribution is -2.63. The van der Waals surface area contributed by atoms with Crippen LogP contribution in [0.15, 0.2) is 23.8 Å². The van der Waals surface area contributed by atoms with E-state index in [2.05, 4.69) is 24.1 Å². The lowest BCUT2D eigenvalue weighted by molar-refractivity contribution is -0.200. The normalized spacial score (nSPS) is 43.0. The maximum Gasteiger partial charge on any atom is 0.472 e. The average molecular weight is 730 g/mol. The molecule has 1 saturated heterocycles. The van der Waals surface area contributed by atoms with Crippen molar-refractivity contribution in [2.45, 2.75) is 109 Å². The summed E-state index contributed by atoms with van der Waals surface area (Å²) in [6.45, 7) is 5.22.